The molecule has 5 nitrogen and oxygen atoms in total. The Morgan fingerprint density at radius 3 is 2.62 bits per heavy atom. The van der Waals surface area contributed by atoms with E-state index in [0.717, 1.165) is 0 Å². The molecule has 1 aromatic heterocycles. The highest BCUT2D eigenvalue weighted by Gasteiger charge is 2.48. The fourth-order valence-corrected chi connectivity index (χ4v) is 5.06. The zero-order valence-corrected chi connectivity index (χ0v) is 15.6. The van der Waals surface area contributed by atoms with Crippen LogP contribution in [0.15, 0.2) is 35.7 Å². The minimum Gasteiger partial charge on any atom is -0.550 e. The number of amides is 1. The average molecular weight is 408 g/mol. The molecule has 8 heteroatoms. The highest BCUT2D eigenvalue weighted by atomic mass is 35.5. The van der Waals surface area contributed by atoms with Gasteiger partial charge in [-0.25, -0.2) is 4.98 Å². The zero-order valence-electron chi connectivity index (χ0n) is 13.3. The molecule has 0 unspecified atom stereocenters. The van der Waals surface area contributed by atoms with Crippen molar-refractivity contribution >= 4 is 51.5 Å². The van der Waals surface area contributed by atoms with Crippen LogP contribution in [0.1, 0.15) is 6.42 Å². The monoisotopic (exact) mass is 407 g/mol. The number of hydrogen-bond acceptors (Lipinski definition) is 5. The molecule has 1 saturated carbocycles. The second-order valence-electron chi connectivity index (χ2n) is 6.47. The quantitative estimate of drug-likeness (QED) is 0.788. The summed E-state index contributed by atoms with van der Waals surface area (Å²) in [6.45, 7) is 0. The Morgan fingerprint density at radius 1 is 1.19 bits per heavy atom. The van der Waals surface area contributed by atoms with Crippen LogP contribution in [0, 0.1) is 23.7 Å². The number of carbonyl (C=O) groups is 2. The molecule has 1 N–H and O–H groups in total. The van der Waals surface area contributed by atoms with E-state index < -0.39 is 17.8 Å². The normalized spacial score (nSPS) is 26.2. The molecule has 0 aliphatic heterocycles. The maximum Gasteiger partial charge on any atom is 0.230 e. The number of aliphatic carboxylic acids is 1. The van der Waals surface area contributed by atoms with Crippen LogP contribution in [-0.4, -0.2) is 16.9 Å². The lowest BCUT2D eigenvalue weighted by Gasteiger charge is -2.27. The SMILES string of the molecule is O=C([O-])[C@@H]1[C@H](C(=O)Nc2nc(-c3ccc(Cl)cc3Cl)cs2)[C@H]2C=C[C@H]1C2. The predicted molar refractivity (Wildman–Crippen MR) is 98.9 cm³/mol. The molecule has 0 spiro atoms. The van der Waals surface area contributed by atoms with Crippen molar-refractivity contribution in [3.05, 3.63) is 45.8 Å². The molecule has 1 aromatic carbocycles. The number of benzene rings is 1. The smallest absolute Gasteiger partial charge is 0.230 e. The maximum absolute atomic E-state index is 12.7. The van der Waals surface area contributed by atoms with Crippen LogP contribution < -0.4 is 10.4 Å². The molecule has 1 heterocycles. The molecule has 1 fully saturated rings. The average Bonchev–Trinajstić information content (AvgIpc) is 3.29. The predicted octanol–water partition coefficient (Wildman–Crippen LogP) is 3.24. The van der Waals surface area contributed by atoms with Gasteiger partial charge in [-0.2, -0.15) is 0 Å². The van der Waals surface area contributed by atoms with Gasteiger partial charge in [0.1, 0.15) is 0 Å². The summed E-state index contributed by atoms with van der Waals surface area (Å²) in [4.78, 5) is 28.5. The van der Waals surface area contributed by atoms with E-state index in [-0.39, 0.29) is 17.7 Å². The molecule has 134 valence electrons. The van der Waals surface area contributed by atoms with Crippen molar-refractivity contribution in [2.75, 3.05) is 5.32 Å². The molecule has 0 radical (unpaired) electrons. The first-order valence-electron chi connectivity index (χ1n) is 8.05. The van der Waals surface area contributed by atoms with Crippen molar-refractivity contribution in [2.24, 2.45) is 23.7 Å². The van der Waals surface area contributed by atoms with Crippen molar-refractivity contribution in [2.45, 2.75) is 6.42 Å². The maximum atomic E-state index is 12.7. The highest BCUT2D eigenvalue weighted by molar-refractivity contribution is 7.14. The number of halogens is 2. The van der Waals surface area contributed by atoms with Gasteiger partial charge in [-0.05, 0) is 36.5 Å². The van der Waals surface area contributed by atoms with Gasteiger partial charge in [0, 0.05) is 27.9 Å². The van der Waals surface area contributed by atoms with Crippen LogP contribution in [-0.2, 0) is 9.59 Å². The van der Waals surface area contributed by atoms with Crippen LogP contribution in [0.2, 0.25) is 10.0 Å². The van der Waals surface area contributed by atoms with Gasteiger partial charge in [0.25, 0.3) is 0 Å². The number of aromatic nitrogens is 1. The molecule has 2 aromatic rings. The van der Waals surface area contributed by atoms with Gasteiger partial charge in [0.2, 0.25) is 5.91 Å². The van der Waals surface area contributed by atoms with Gasteiger partial charge in [0.05, 0.1) is 16.6 Å². The minimum absolute atomic E-state index is 0.0620. The molecule has 2 aliphatic rings. The molecule has 1 amide bonds. The van der Waals surface area contributed by atoms with E-state index in [9.17, 15) is 14.7 Å². The van der Waals surface area contributed by atoms with Crippen molar-refractivity contribution in [1.82, 2.24) is 4.98 Å². The Labute approximate surface area is 163 Å². The molecule has 4 rings (SSSR count). The summed E-state index contributed by atoms with van der Waals surface area (Å²) < 4.78 is 0. The molecule has 4 atom stereocenters. The third-order valence-corrected chi connectivity index (χ3v) is 6.28. The number of allylic oxidation sites excluding steroid dienone is 2. The Balaban J connectivity index is 1.53. The molecular weight excluding hydrogens is 395 g/mol. The van der Waals surface area contributed by atoms with Gasteiger partial charge in [0.15, 0.2) is 5.13 Å². The van der Waals surface area contributed by atoms with Crippen LogP contribution >= 0.6 is 34.5 Å². The second-order valence-corrected chi connectivity index (χ2v) is 8.17. The lowest BCUT2D eigenvalue weighted by atomic mass is 9.82. The topological polar surface area (TPSA) is 82.1 Å². The minimum atomic E-state index is -1.17. The van der Waals surface area contributed by atoms with Gasteiger partial charge in [-0.3, -0.25) is 4.79 Å². The summed E-state index contributed by atoms with van der Waals surface area (Å²) in [7, 11) is 0. The molecular formula is C18H13Cl2N2O3S-. The summed E-state index contributed by atoms with van der Waals surface area (Å²) >= 11 is 13.4. The third-order valence-electron chi connectivity index (χ3n) is 4.98. The van der Waals surface area contributed by atoms with Crippen LogP contribution in [0.3, 0.4) is 0 Å². The molecule has 26 heavy (non-hydrogen) atoms. The summed E-state index contributed by atoms with van der Waals surface area (Å²) in [6.07, 6.45) is 4.48. The first kappa shape index (κ1) is 17.5. The zero-order chi connectivity index (χ0) is 18.4. The fourth-order valence-electron chi connectivity index (χ4n) is 3.84. The summed E-state index contributed by atoms with van der Waals surface area (Å²) in [5, 5.41) is 17.4. The summed E-state index contributed by atoms with van der Waals surface area (Å²) in [5.74, 6) is -3.10. The van der Waals surface area contributed by atoms with Gasteiger partial charge in [-0.15, -0.1) is 11.3 Å². The van der Waals surface area contributed by atoms with Gasteiger partial charge >= 0.3 is 0 Å². The molecule has 2 aliphatic carbocycles. The number of carboxylic acids is 1. The number of carbonyl (C=O) groups excluding carboxylic acids is 2. The van der Waals surface area contributed by atoms with Gasteiger partial charge in [-0.1, -0.05) is 35.4 Å². The highest BCUT2D eigenvalue weighted by Crippen LogP contribution is 2.48. The van der Waals surface area contributed by atoms with E-state index in [4.69, 9.17) is 23.2 Å². The first-order valence-corrected chi connectivity index (χ1v) is 9.68. The number of nitrogens with one attached hydrogen (secondary N) is 1. The number of rotatable bonds is 4. The van der Waals surface area contributed by atoms with Crippen molar-refractivity contribution in [1.29, 1.82) is 0 Å². The van der Waals surface area contributed by atoms with Crippen LogP contribution in [0.25, 0.3) is 11.3 Å². The number of fused-ring (bicyclic) bond motifs is 2. The van der Waals surface area contributed by atoms with Crippen molar-refractivity contribution < 1.29 is 14.7 Å². The van der Waals surface area contributed by atoms with E-state index >= 15 is 0 Å². The van der Waals surface area contributed by atoms with Crippen molar-refractivity contribution in [3.8, 4) is 11.3 Å². The molecule has 2 bridgehead atoms. The fraction of sp³-hybridized carbons (Fsp3) is 0.278. The number of hydrogen-bond donors (Lipinski definition) is 1. The lowest BCUT2D eigenvalue weighted by Crippen LogP contribution is -2.42. The van der Waals surface area contributed by atoms with E-state index in [1.165, 1.54) is 11.3 Å². The first-order chi connectivity index (χ1) is 12.4. The Hall–Kier alpha value is -1.89. The van der Waals surface area contributed by atoms with Crippen LogP contribution in [0.4, 0.5) is 5.13 Å². The molecule has 0 saturated heterocycles. The Bertz CT molecular complexity index is 927. The van der Waals surface area contributed by atoms with E-state index in [2.05, 4.69) is 10.3 Å². The van der Waals surface area contributed by atoms with E-state index in [1.807, 2.05) is 12.2 Å². The Kier molecular flexibility index (Phi) is 4.50. The van der Waals surface area contributed by atoms with Gasteiger partial charge < -0.3 is 15.2 Å². The largest absolute Gasteiger partial charge is 0.550 e. The van der Waals surface area contributed by atoms with E-state index in [1.54, 1.807) is 23.6 Å². The lowest BCUT2D eigenvalue weighted by molar-refractivity contribution is -0.313. The van der Waals surface area contributed by atoms with Crippen LogP contribution in [0.5, 0.6) is 0 Å². The van der Waals surface area contributed by atoms with E-state index in [0.29, 0.717) is 32.9 Å². The second kappa shape index (κ2) is 6.68. The number of carboxylic acid groups (broad SMARTS) is 1. The number of thiazole rings is 1. The Morgan fingerprint density at radius 2 is 1.92 bits per heavy atom. The van der Waals surface area contributed by atoms with Crippen molar-refractivity contribution in [3.63, 3.8) is 0 Å². The third kappa shape index (κ3) is 3.02. The standard InChI is InChI=1S/C18H14Cl2N2O3S/c19-10-3-4-11(12(20)6-10)13-7-26-18(21-13)22-16(23)14-8-1-2-9(5-8)15(14)17(24)25/h1-4,6-9,14-15H,5H2,(H,24,25)(H,21,22,23)/p-1/t8-,9-,14+,15-/m0/s1. The summed E-state index contributed by atoms with van der Waals surface area (Å²) in [5.41, 5.74) is 1.33. The summed E-state index contributed by atoms with van der Waals surface area (Å²) in [6, 6.07) is 5.10. The number of anilines is 1. The number of nitrogens with zero attached hydrogens (tertiary/aromatic N) is 1.